The fourth-order valence-corrected chi connectivity index (χ4v) is 1.66. The molecular formula is C10H16N2O3. The van der Waals surface area contributed by atoms with Crippen LogP contribution in [0, 0.1) is 0 Å². The van der Waals surface area contributed by atoms with Crippen LogP contribution < -0.4 is 5.32 Å². The van der Waals surface area contributed by atoms with Crippen molar-refractivity contribution in [3.05, 3.63) is 12.2 Å². The van der Waals surface area contributed by atoms with Crippen LogP contribution in [0.25, 0.3) is 0 Å². The van der Waals surface area contributed by atoms with Gasteiger partial charge in [-0.1, -0.05) is 0 Å². The highest BCUT2D eigenvalue weighted by molar-refractivity contribution is 5.93. The van der Waals surface area contributed by atoms with Gasteiger partial charge in [-0.25, -0.2) is 4.79 Å². The van der Waals surface area contributed by atoms with Gasteiger partial charge in [0.05, 0.1) is 0 Å². The van der Waals surface area contributed by atoms with Crippen LogP contribution >= 0.6 is 0 Å². The van der Waals surface area contributed by atoms with Crippen LogP contribution in [0.4, 0.5) is 0 Å². The second kappa shape index (κ2) is 5.50. The number of carboxylic acid groups (broad SMARTS) is 1. The van der Waals surface area contributed by atoms with Crippen LogP contribution in [0.15, 0.2) is 12.2 Å². The Labute approximate surface area is 88.8 Å². The van der Waals surface area contributed by atoms with Crippen LogP contribution in [-0.2, 0) is 9.59 Å². The molecule has 0 radical (unpaired) electrons. The Morgan fingerprint density at radius 3 is 2.80 bits per heavy atom. The van der Waals surface area contributed by atoms with Gasteiger partial charge in [0.1, 0.15) is 0 Å². The van der Waals surface area contributed by atoms with Crippen molar-refractivity contribution >= 4 is 11.9 Å². The first kappa shape index (κ1) is 11.7. The summed E-state index contributed by atoms with van der Waals surface area (Å²) in [6.45, 7) is 1.64. The van der Waals surface area contributed by atoms with E-state index in [0.29, 0.717) is 12.6 Å². The van der Waals surface area contributed by atoms with Crippen molar-refractivity contribution in [2.45, 2.75) is 18.9 Å². The molecule has 15 heavy (non-hydrogen) atoms. The number of likely N-dealkylation sites (N-methyl/N-ethyl adjacent to an activating group) is 1. The summed E-state index contributed by atoms with van der Waals surface area (Å²) >= 11 is 0. The molecule has 1 aliphatic rings. The first-order valence-electron chi connectivity index (χ1n) is 4.98. The van der Waals surface area contributed by atoms with Crippen molar-refractivity contribution in [3.63, 3.8) is 0 Å². The molecule has 0 aromatic heterocycles. The van der Waals surface area contributed by atoms with Crippen LogP contribution in [0.1, 0.15) is 12.8 Å². The number of rotatable bonds is 4. The molecule has 0 aliphatic carbocycles. The molecule has 2 N–H and O–H groups in total. The third kappa shape index (κ3) is 4.12. The zero-order chi connectivity index (χ0) is 11.3. The van der Waals surface area contributed by atoms with Crippen molar-refractivity contribution < 1.29 is 14.7 Å². The number of aliphatic carboxylic acids is 1. The quantitative estimate of drug-likeness (QED) is 0.635. The van der Waals surface area contributed by atoms with E-state index in [1.165, 1.54) is 0 Å². The summed E-state index contributed by atoms with van der Waals surface area (Å²) in [5.74, 6) is -1.46. The summed E-state index contributed by atoms with van der Waals surface area (Å²) in [6.07, 6.45) is 4.12. The number of carboxylic acids is 1. The number of nitrogens with one attached hydrogen (secondary N) is 1. The first-order chi connectivity index (χ1) is 7.09. The first-order valence-corrected chi connectivity index (χ1v) is 4.98. The summed E-state index contributed by atoms with van der Waals surface area (Å²) < 4.78 is 0. The zero-order valence-electron chi connectivity index (χ0n) is 8.77. The molecule has 5 heteroatoms. The summed E-state index contributed by atoms with van der Waals surface area (Å²) in [5, 5.41) is 11.0. The number of carbonyl (C=O) groups excluding carboxylic acids is 1. The molecule has 1 atom stereocenters. The normalized spacial score (nSPS) is 22.1. The molecule has 1 aliphatic heterocycles. The van der Waals surface area contributed by atoms with Crippen molar-refractivity contribution in [2.75, 3.05) is 20.1 Å². The Kier molecular flexibility index (Phi) is 4.30. The van der Waals surface area contributed by atoms with Gasteiger partial charge < -0.3 is 15.3 Å². The van der Waals surface area contributed by atoms with E-state index in [1.807, 2.05) is 7.05 Å². The van der Waals surface area contributed by atoms with Gasteiger partial charge in [0.2, 0.25) is 5.91 Å². The molecule has 0 saturated carbocycles. The largest absolute Gasteiger partial charge is 0.478 e. The summed E-state index contributed by atoms with van der Waals surface area (Å²) in [4.78, 5) is 23.5. The van der Waals surface area contributed by atoms with Crippen molar-refractivity contribution in [1.82, 2.24) is 10.2 Å². The number of amides is 1. The predicted molar refractivity (Wildman–Crippen MR) is 55.4 cm³/mol. The second-order valence-corrected chi connectivity index (χ2v) is 3.69. The van der Waals surface area contributed by atoms with E-state index in [9.17, 15) is 9.59 Å². The van der Waals surface area contributed by atoms with E-state index in [0.717, 1.165) is 31.5 Å². The standard InChI is InChI=1S/C10H16N2O3/c1-12-6-2-3-8(12)7-11-9(13)4-5-10(14)15/h4-5,8H,2-3,6-7H2,1H3,(H,11,13)(H,14,15)/b5-4+. The topological polar surface area (TPSA) is 69.6 Å². The molecule has 5 nitrogen and oxygen atoms in total. The van der Waals surface area contributed by atoms with E-state index >= 15 is 0 Å². The Hall–Kier alpha value is -1.36. The highest BCUT2D eigenvalue weighted by Gasteiger charge is 2.20. The van der Waals surface area contributed by atoms with Gasteiger partial charge >= 0.3 is 5.97 Å². The van der Waals surface area contributed by atoms with Crippen molar-refractivity contribution in [3.8, 4) is 0 Å². The maximum absolute atomic E-state index is 11.1. The van der Waals surface area contributed by atoms with Crippen LogP contribution in [0.3, 0.4) is 0 Å². The third-order valence-electron chi connectivity index (χ3n) is 2.56. The summed E-state index contributed by atoms with van der Waals surface area (Å²) in [6, 6.07) is 0.382. The molecule has 1 rings (SSSR count). The zero-order valence-corrected chi connectivity index (χ0v) is 8.77. The SMILES string of the molecule is CN1CCCC1CNC(=O)/C=C/C(=O)O. The molecule has 1 heterocycles. The minimum absolute atomic E-state index is 0.349. The Bertz CT molecular complexity index is 276. The Morgan fingerprint density at radius 1 is 1.53 bits per heavy atom. The smallest absolute Gasteiger partial charge is 0.328 e. The molecule has 84 valence electrons. The van der Waals surface area contributed by atoms with E-state index in [1.54, 1.807) is 0 Å². The van der Waals surface area contributed by atoms with Crippen molar-refractivity contribution in [2.24, 2.45) is 0 Å². The number of carbonyl (C=O) groups is 2. The molecule has 0 aromatic carbocycles. The van der Waals surface area contributed by atoms with Gasteiger partial charge in [-0.2, -0.15) is 0 Å². The van der Waals surface area contributed by atoms with Crippen molar-refractivity contribution in [1.29, 1.82) is 0 Å². The van der Waals surface area contributed by atoms with E-state index in [4.69, 9.17) is 5.11 Å². The van der Waals surface area contributed by atoms with E-state index < -0.39 is 5.97 Å². The fraction of sp³-hybridized carbons (Fsp3) is 0.600. The van der Waals surface area contributed by atoms with Gasteiger partial charge in [0.15, 0.2) is 0 Å². The molecule has 0 spiro atoms. The number of likely N-dealkylation sites (tertiary alicyclic amines) is 1. The van der Waals surface area contributed by atoms with Crippen LogP contribution in [0.5, 0.6) is 0 Å². The van der Waals surface area contributed by atoms with Gasteiger partial charge in [-0.15, -0.1) is 0 Å². The highest BCUT2D eigenvalue weighted by Crippen LogP contribution is 2.13. The minimum atomic E-state index is -1.11. The van der Waals surface area contributed by atoms with Gasteiger partial charge in [-0.3, -0.25) is 4.79 Å². The molecule has 1 amide bonds. The predicted octanol–water partition coefficient (Wildman–Crippen LogP) is -0.162. The summed E-state index contributed by atoms with van der Waals surface area (Å²) in [5.41, 5.74) is 0. The maximum Gasteiger partial charge on any atom is 0.328 e. The Morgan fingerprint density at radius 2 is 2.27 bits per heavy atom. The van der Waals surface area contributed by atoms with E-state index in [-0.39, 0.29) is 5.91 Å². The van der Waals surface area contributed by atoms with E-state index in [2.05, 4.69) is 10.2 Å². The maximum atomic E-state index is 11.1. The lowest BCUT2D eigenvalue weighted by Gasteiger charge is -2.18. The number of hydrogen-bond donors (Lipinski definition) is 2. The highest BCUT2D eigenvalue weighted by atomic mass is 16.4. The third-order valence-corrected chi connectivity index (χ3v) is 2.56. The number of nitrogens with zero attached hydrogens (tertiary/aromatic N) is 1. The molecule has 1 saturated heterocycles. The number of hydrogen-bond acceptors (Lipinski definition) is 3. The Balaban J connectivity index is 2.24. The molecule has 1 fully saturated rings. The lowest BCUT2D eigenvalue weighted by atomic mass is 10.2. The molecule has 0 bridgehead atoms. The van der Waals surface area contributed by atoms with Gasteiger partial charge in [0, 0.05) is 24.7 Å². The van der Waals surface area contributed by atoms with Crippen LogP contribution in [-0.4, -0.2) is 48.1 Å². The minimum Gasteiger partial charge on any atom is -0.478 e. The molecule has 0 aromatic rings. The second-order valence-electron chi connectivity index (χ2n) is 3.69. The average molecular weight is 212 g/mol. The lowest BCUT2D eigenvalue weighted by Crippen LogP contribution is -2.37. The molecule has 1 unspecified atom stereocenters. The summed E-state index contributed by atoms with van der Waals surface area (Å²) in [7, 11) is 2.02. The average Bonchev–Trinajstić information content (AvgIpc) is 2.58. The lowest BCUT2D eigenvalue weighted by molar-refractivity contribution is -0.131. The fourth-order valence-electron chi connectivity index (χ4n) is 1.66. The van der Waals surface area contributed by atoms with Crippen LogP contribution in [0.2, 0.25) is 0 Å². The molecular weight excluding hydrogens is 196 g/mol. The van der Waals surface area contributed by atoms with Gasteiger partial charge in [0.25, 0.3) is 0 Å². The monoisotopic (exact) mass is 212 g/mol. The van der Waals surface area contributed by atoms with Gasteiger partial charge in [-0.05, 0) is 26.4 Å².